The molecular formula is C16H19N3O3S. The predicted octanol–water partition coefficient (Wildman–Crippen LogP) is 1.24. The molecule has 1 aromatic rings. The van der Waals surface area contributed by atoms with Crippen LogP contribution in [-0.4, -0.2) is 43.0 Å². The number of nitrogens with one attached hydrogen (secondary N) is 1. The van der Waals surface area contributed by atoms with E-state index in [-0.39, 0.29) is 24.0 Å². The molecule has 0 saturated carbocycles. The minimum Gasteiger partial charge on any atom is -0.349 e. The van der Waals surface area contributed by atoms with Gasteiger partial charge in [-0.15, -0.1) is 0 Å². The van der Waals surface area contributed by atoms with E-state index < -0.39 is 10.0 Å². The maximum absolute atomic E-state index is 12.3. The van der Waals surface area contributed by atoms with E-state index in [0.29, 0.717) is 24.0 Å². The van der Waals surface area contributed by atoms with Gasteiger partial charge in [0, 0.05) is 23.7 Å². The second kappa shape index (κ2) is 5.95. The lowest BCUT2D eigenvalue weighted by atomic mass is 9.99. The molecule has 0 radical (unpaired) electrons. The van der Waals surface area contributed by atoms with Crippen molar-refractivity contribution in [1.29, 1.82) is 5.26 Å². The van der Waals surface area contributed by atoms with Crippen molar-refractivity contribution in [3.63, 3.8) is 0 Å². The number of carbonyl (C=O) groups is 1. The smallest absolute Gasteiger partial charge is 0.251 e. The molecule has 6 nitrogen and oxygen atoms in total. The molecule has 23 heavy (non-hydrogen) atoms. The molecule has 0 spiro atoms. The summed E-state index contributed by atoms with van der Waals surface area (Å²) in [5.41, 5.74) is 0.909. The Labute approximate surface area is 136 Å². The summed E-state index contributed by atoms with van der Waals surface area (Å²) in [6, 6.07) is 8.55. The third-order valence-electron chi connectivity index (χ3n) is 4.64. The van der Waals surface area contributed by atoms with E-state index in [4.69, 9.17) is 5.26 Å². The first-order valence-electron chi connectivity index (χ1n) is 7.68. The van der Waals surface area contributed by atoms with Gasteiger partial charge in [-0.05, 0) is 43.9 Å². The van der Waals surface area contributed by atoms with Crippen LogP contribution in [0.4, 0.5) is 0 Å². The van der Waals surface area contributed by atoms with Crippen molar-refractivity contribution in [2.75, 3.05) is 6.26 Å². The summed E-state index contributed by atoms with van der Waals surface area (Å²) in [7, 11) is -3.19. The van der Waals surface area contributed by atoms with Crippen LogP contribution in [-0.2, 0) is 10.0 Å². The van der Waals surface area contributed by atoms with Gasteiger partial charge in [-0.2, -0.15) is 9.57 Å². The Hall–Kier alpha value is -1.91. The largest absolute Gasteiger partial charge is 0.349 e. The number of benzene rings is 1. The fourth-order valence-electron chi connectivity index (χ4n) is 3.79. The average molecular weight is 333 g/mol. The average Bonchev–Trinajstić information content (AvgIpc) is 2.80. The Bertz CT molecular complexity index is 755. The number of nitrogens with zero attached hydrogens (tertiary/aromatic N) is 2. The summed E-state index contributed by atoms with van der Waals surface area (Å²) in [4.78, 5) is 12.3. The Kier molecular flexibility index (Phi) is 4.13. The van der Waals surface area contributed by atoms with Gasteiger partial charge in [0.1, 0.15) is 0 Å². The molecule has 2 bridgehead atoms. The van der Waals surface area contributed by atoms with Gasteiger partial charge in [-0.3, -0.25) is 4.79 Å². The van der Waals surface area contributed by atoms with E-state index in [1.165, 1.54) is 6.26 Å². The molecule has 2 aliphatic rings. The van der Waals surface area contributed by atoms with Crippen LogP contribution in [0.15, 0.2) is 24.3 Å². The number of piperidine rings is 1. The fourth-order valence-corrected chi connectivity index (χ4v) is 5.26. The van der Waals surface area contributed by atoms with E-state index in [9.17, 15) is 13.2 Å². The first-order chi connectivity index (χ1) is 10.9. The molecule has 7 heteroatoms. The van der Waals surface area contributed by atoms with Gasteiger partial charge >= 0.3 is 0 Å². The summed E-state index contributed by atoms with van der Waals surface area (Å²) in [5.74, 6) is -0.209. The number of fused-ring (bicyclic) bond motifs is 2. The van der Waals surface area contributed by atoms with Crippen LogP contribution in [0.3, 0.4) is 0 Å². The van der Waals surface area contributed by atoms with Gasteiger partial charge in [-0.25, -0.2) is 8.42 Å². The molecule has 1 amide bonds. The van der Waals surface area contributed by atoms with Crippen molar-refractivity contribution in [3.8, 4) is 6.07 Å². The first kappa shape index (κ1) is 16.0. The highest BCUT2D eigenvalue weighted by atomic mass is 32.2. The Morgan fingerprint density at radius 2 is 1.96 bits per heavy atom. The van der Waals surface area contributed by atoms with E-state index in [2.05, 4.69) is 5.32 Å². The number of amides is 1. The second-order valence-electron chi connectivity index (χ2n) is 6.31. The van der Waals surface area contributed by atoms with E-state index in [0.717, 1.165) is 12.8 Å². The van der Waals surface area contributed by atoms with E-state index in [1.54, 1.807) is 28.6 Å². The second-order valence-corrected chi connectivity index (χ2v) is 8.20. The first-order valence-corrected chi connectivity index (χ1v) is 9.53. The summed E-state index contributed by atoms with van der Waals surface area (Å²) in [6.45, 7) is 0. The maximum Gasteiger partial charge on any atom is 0.251 e. The SMILES string of the molecule is CS(=O)(=O)N1C2CCC1CC(NC(=O)c1cccc(C#N)c1)C2. The Morgan fingerprint density at radius 1 is 1.30 bits per heavy atom. The van der Waals surface area contributed by atoms with Gasteiger partial charge in [0.05, 0.1) is 17.9 Å². The van der Waals surface area contributed by atoms with Gasteiger partial charge in [-0.1, -0.05) is 6.07 Å². The summed E-state index contributed by atoms with van der Waals surface area (Å²) in [6.07, 6.45) is 4.26. The number of carbonyl (C=O) groups excluding carboxylic acids is 1. The van der Waals surface area contributed by atoms with Gasteiger partial charge in [0.15, 0.2) is 0 Å². The van der Waals surface area contributed by atoms with Gasteiger partial charge in [0.25, 0.3) is 5.91 Å². The normalized spacial score (nSPS) is 27.4. The zero-order valence-electron chi connectivity index (χ0n) is 12.9. The Morgan fingerprint density at radius 3 is 2.52 bits per heavy atom. The molecule has 122 valence electrons. The van der Waals surface area contributed by atoms with Crippen molar-refractivity contribution in [2.24, 2.45) is 0 Å². The molecule has 2 fully saturated rings. The molecule has 0 aliphatic carbocycles. The Balaban J connectivity index is 1.69. The monoisotopic (exact) mass is 333 g/mol. The summed E-state index contributed by atoms with van der Waals surface area (Å²) < 4.78 is 25.4. The summed E-state index contributed by atoms with van der Waals surface area (Å²) >= 11 is 0. The van der Waals surface area contributed by atoms with Crippen LogP contribution in [0.2, 0.25) is 0 Å². The van der Waals surface area contributed by atoms with Crippen molar-refractivity contribution >= 4 is 15.9 Å². The molecule has 3 rings (SSSR count). The summed E-state index contributed by atoms with van der Waals surface area (Å²) in [5, 5.41) is 11.9. The highest BCUT2D eigenvalue weighted by Gasteiger charge is 2.45. The van der Waals surface area contributed by atoms with E-state index in [1.807, 2.05) is 6.07 Å². The van der Waals surface area contributed by atoms with Crippen LogP contribution in [0.25, 0.3) is 0 Å². The number of hydrogen-bond donors (Lipinski definition) is 1. The highest BCUT2D eigenvalue weighted by Crippen LogP contribution is 2.37. The maximum atomic E-state index is 12.3. The molecule has 1 N–H and O–H groups in total. The number of sulfonamides is 1. The standard InChI is InChI=1S/C16H19N3O3S/c1-23(21,22)19-14-5-6-15(19)9-13(8-14)18-16(20)12-4-2-3-11(7-12)10-17/h2-4,7,13-15H,5-6,8-9H2,1H3,(H,18,20). The third kappa shape index (κ3) is 3.23. The van der Waals surface area contributed by atoms with Crippen molar-refractivity contribution in [2.45, 2.75) is 43.8 Å². The topological polar surface area (TPSA) is 90.3 Å². The number of rotatable bonds is 3. The van der Waals surface area contributed by atoms with Gasteiger partial charge in [0.2, 0.25) is 10.0 Å². The van der Waals surface area contributed by atoms with Gasteiger partial charge < -0.3 is 5.32 Å². The molecule has 2 aliphatic heterocycles. The van der Waals surface area contributed by atoms with Crippen LogP contribution >= 0.6 is 0 Å². The lowest BCUT2D eigenvalue weighted by Crippen LogP contribution is -2.52. The third-order valence-corrected chi connectivity index (χ3v) is 6.00. The molecule has 2 atom stereocenters. The minimum absolute atomic E-state index is 0.0144. The lowest BCUT2D eigenvalue weighted by molar-refractivity contribution is 0.0909. The van der Waals surface area contributed by atoms with Crippen molar-refractivity contribution in [3.05, 3.63) is 35.4 Å². The molecule has 2 unspecified atom stereocenters. The minimum atomic E-state index is -3.19. The predicted molar refractivity (Wildman–Crippen MR) is 85.1 cm³/mol. The molecule has 2 heterocycles. The number of hydrogen-bond acceptors (Lipinski definition) is 4. The number of nitriles is 1. The quantitative estimate of drug-likeness (QED) is 0.901. The van der Waals surface area contributed by atoms with Crippen molar-refractivity contribution < 1.29 is 13.2 Å². The van der Waals surface area contributed by atoms with Crippen LogP contribution in [0.5, 0.6) is 0 Å². The molecule has 2 saturated heterocycles. The van der Waals surface area contributed by atoms with Crippen LogP contribution in [0, 0.1) is 11.3 Å². The van der Waals surface area contributed by atoms with Crippen LogP contribution in [0.1, 0.15) is 41.6 Å². The molecule has 1 aromatic carbocycles. The zero-order chi connectivity index (χ0) is 16.6. The molecular weight excluding hydrogens is 314 g/mol. The lowest BCUT2D eigenvalue weighted by Gasteiger charge is -2.37. The fraction of sp³-hybridized carbons (Fsp3) is 0.500. The zero-order valence-corrected chi connectivity index (χ0v) is 13.7. The van der Waals surface area contributed by atoms with Crippen molar-refractivity contribution in [1.82, 2.24) is 9.62 Å². The van der Waals surface area contributed by atoms with E-state index >= 15 is 0 Å². The highest BCUT2D eigenvalue weighted by molar-refractivity contribution is 7.88. The molecule has 0 aromatic heterocycles. The van der Waals surface area contributed by atoms with Crippen LogP contribution < -0.4 is 5.32 Å².